The predicted molar refractivity (Wildman–Crippen MR) is 78.2 cm³/mol. The standard InChI is InChI=1S/C15H21ClN2/c16-12-7-8-15(13(17)10-12)18-9-3-5-11-4-1-2-6-14(11)18/h7-8,10-11,14H,1-6,9,17H2. The molecule has 18 heavy (non-hydrogen) atoms. The van der Waals surface area contributed by atoms with Crippen molar-refractivity contribution in [2.24, 2.45) is 5.92 Å². The lowest BCUT2D eigenvalue weighted by molar-refractivity contribution is 0.244. The van der Waals surface area contributed by atoms with Crippen LogP contribution < -0.4 is 10.6 Å². The topological polar surface area (TPSA) is 29.3 Å². The van der Waals surface area contributed by atoms with Crippen LogP contribution in [0.1, 0.15) is 38.5 Å². The molecule has 0 aromatic heterocycles. The largest absolute Gasteiger partial charge is 0.397 e. The van der Waals surface area contributed by atoms with Gasteiger partial charge in [-0.3, -0.25) is 0 Å². The minimum Gasteiger partial charge on any atom is -0.397 e. The average Bonchev–Trinajstić information content (AvgIpc) is 2.38. The molecule has 1 aromatic rings. The van der Waals surface area contributed by atoms with Gasteiger partial charge in [0, 0.05) is 17.6 Å². The summed E-state index contributed by atoms with van der Waals surface area (Å²) in [5.41, 5.74) is 8.17. The number of nitrogens with two attached hydrogens (primary N) is 1. The molecule has 2 unspecified atom stereocenters. The van der Waals surface area contributed by atoms with E-state index in [-0.39, 0.29) is 0 Å². The fourth-order valence-corrected chi connectivity index (χ4v) is 3.89. The Morgan fingerprint density at radius 3 is 2.72 bits per heavy atom. The zero-order valence-electron chi connectivity index (χ0n) is 10.7. The van der Waals surface area contributed by atoms with E-state index in [1.165, 1.54) is 44.2 Å². The third kappa shape index (κ3) is 2.18. The minimum absolute atomic E-state index is 0.705. The highest BCUT2D eigenvalue weighted by atomic mass is 35.5. The summed E-state index contributed by atoms with van der Waals surface area (Å²) in [7, 11) is 0. The Morgan fingerprint density at radius 2 is 1.89 bits per heavy atom. The Hall–Kier alpha value is -0.890. The maximum Gasteiger partial charge on any atom is 0.0603 e. The first kappa shape index (κ1) is 12.2. The molecule has 98 valence electrons. The Bertz CT molecular complexity index is 431. The molecule has 1 saturated heterocycles. The molecule has 1 saturated carbocycles. The average molecular weight is 265 g/mol. The highest BCUT2D eigenvalue weighted by molar-refractivity contribution is 6.31. The molecule has 3 rings (SSSR count). The van der Waals surface area contributed by atoms with Gasteiger partial charge >= 0.3 is 0 Å². The number of hydrogen-bond donors (Lipinski definition) is 1. The molecule has 0 spiro atoms. The van der Waals surface area contributed by atoms with Crippen LogP contribution in [0.3, 0.4) is 0 Å². The molecular formula is C15H21ClN2. The van der Waals surface area contributed by atoms with Gasteiger partial charge in [-0.2, -0.15) is 0 Å². The lowest BCUT2D eigenvalue weighted by Crippen LogP contribution is -2.47. The number of anilines is 2. The first-order chi connectivity index (χ1) is 8.75. The van der Waals surface area contributed by atoms with E-state index in [0.29, 0.717) is 6.04 Å². The van der Waals surface area contributed by atoms with E-state index < -0.39 is 0 Å². The maximum absolute atomic E-state index is 6.15. The molecule has 3 heteroatoms. The van der Waals surface area contributed by atoms with Gasteiger partial charge in [0.05, 0.1) is 11.4 Å². The summed E-state index contributed by atoms with van der Waals surface area (Å²) in [4.78, 5) is 2.54. The fraction of sp³-hybridized carbons (Fsp3) is 0.600. The highest BCUT2D eigenvalue weighted by Crippen LogP contribution is 2.39. The van der Waals surface area contributed by atoms with Gasteiger partial charge in [0.1, 0.15) is 0 Å². The first-order valence-electron chi connectivity index (χ1n) is 7.07. The van der Waals surface area contributed by atoms with Crippen LogP contribution in [0, 0.1) is 5.92 Å². The van der Waals surface area contributed by atoms with Crippen molar-refractivity contribution in [3.63, 3.8) is 0 Å². The second-order valence-electron chi connectivity index (χ2n) is 5.65. The Balaban J connectivity index is 1.89. The predicted octanol–water partition coefficient (Wildman–Crippen LogP) is 4.08. The second-order valence-corrected chi connectivity index (χ2v) is 6.09. The number of benzene rings is 1. The molecule has 2 nitrogen and oxygen atoms in total. The molecule has 2 fully saturated rings. The van der Waals surface area contributed by atoms with Crippen LogP contribution in [-0.4, -0.2) is 12.6 Å². The number of hydrogen-bond acceptors (Lipinski definition) is 2. The van der Waals surface area contributed by atoms with Gasteiger partial charge in [-0.15, -0.1) is 0 Å². The van der Waals surface area contributed by atoms with E-state index in [2.05, 4.69) is 11.0 Å². The molecule has 2 aliphatic rings. The Kier molecular flexibility index (Phi) is 3.38. The molecule has 0 radical (unpaired) electrons. The molecule has 1 heterocycles. The van der Waals surface area contributed by atoms with Gasteiger partial charge < -0.3 is 10.6 Å². The van der Waals surface area contributed by atoms with E-state index in [4.69, 9.17) is 17.3 Å². The molecule has 1 aliphatic carbocycles. The summed E-state index contributed by atoms with van der Waals surface area (Å²) in [5.74, 6) is 0.877. The SMILES string of the molecule is Nc1cc(Cl)ccc1N1CCCC2CCCCC21. The summed E-state index contributed by atoms with van der Waals surface area (Å²) in [5, 5.41) is 0.730. The number of halogens is 1. The third-order valence-electron chi connectivity index (χ3n) is 4.54. The summed E-state index contributed by atoms with van der Waals surface area (Å²) < 4.78 is 0. The van der Waals surface area contributed by atoms with Crippen LogP contribution in [0.15, 0.2) is 18.2 Å². The van der Waals surface area contributed by atoms with Gasteiger partial charge in [-0.25, -0.2) is 0 Å². The molecule has 0 amide bonds. The van der Waals surface area contributed by atoms with Crippen LogP contribution in [0.4, 0.5) is 11.4 Å². The fourth-order valence-electron chi connectivity index (χ4n) is 3.71. The first-order valence-corrected chi connectivity index (χ1v) is 7.45. The lowest BCUT2D eigenvalue weighted by atomic mass is 9.78. The van der Waals surface area contributed by atoms with Crippen molar-refractivity contribution in [3.05, 3.63) is 23.2 Å². The quantitative estimate of drug-likeness (QED) is 0.775. The van der Waals surface area contributed by atoms with Crippen LogP contribution in [0.25, 0.3) is 0 Å². The van der Waals surface area contributed by atoms with Gasteiger partial charge in [0.25, 0.3) is 0 Å². The number of piperidine rings is 1. The van der Waals surface area contributed by atoms with Crippen molar-refractivity contribution in [1.29, 1.82) is 0 Å². The zero-order valence-corrected chi connectivity index (χ0v) is 11.5. The third-order valence-corrected chi connectivity index (χ3v) is 4.78. The van der Waals surface area contributed by atoms with Crippen LogP contribution in [0.2, 0.25) is 5.02 Å². The summed E-state index contributed by atoms with van der Waals surface area (Å²) in [6, 6.07) is 6.63. The van der Waals surface area contributed by atoms with Gasteiger partial charge in [-0.1, -0.05) is 24.4 Å². The molecule has 1 aromatic carbocycles. The molecule has 2 N–H and O–H groups in total. The van der Waals surface area contributed by atoms with E-state index in [1.807, 2.05) is 12.1 Å². The van der Waals surface area contributed by atoms with E-state index >= 15 is 0 Å². The highest BCUT2D eigenvalue weighted by Gasteiger charge is 2.33. The Morgan fingerprint density at radius 1 is 1.11 bits per heavy atom. The molecule has 2 atom stereocenters. The van der Waals surface area contributed by atoms with Crippen LogP contribution in [-0.2, 0) is 0 Å². The number of fused-ring (bicyclic) bond motifs is 1. The molecular weight excluding hydrogens is 244 g/mol. The van der Waals surface area contributed by atoms with Crippen LogP contribution in [0.5, 0.6) is 0 Å². The summed E-state index contributed by atoms with van der Waals surface area (Å²) in [6.45, 7) is 1.15. The van der Waals surface area contributed by atoms with E-state index in [1.54, 1.807) is 0 Å². The normalized spacial score (nSPS) is 27.9. The number of nitrogens with zero attached hydrogens (tertiary/aromatic N) is 1. The minimum atomic E-state index is 0.705. The van der Waals surface area contributed by atoms with Gasteiger partial charge in [-0.05, 0) is 49.8 Å². The van der Waals surface area contributed by atoms with Gasteiger partial charge in [0.2, 0.25) is 0 Å². The van der Waals surface area contributed by atoms with E-state index in [0.717, 1.165) is 23.2 Å². The van der Waals surface area contributed by atoms with Crippen molar-refractivity contribution in [1.82, 2.24) is 0 Å². The van der Waals surface area contributed by atoms with Crippen molar-refractivity contribution in [3.8, 4) is 0 Å². The summed E-state index contributed by atoms with van der Waals surface area (Å²) >= 11 is 5.99. The van der Waals surface area contributed by atoms with E-state index in [9.17, 15) is 0 Å². The maximum atomic E-state index is 6.15. The van der Waals surface area contributed by atoms with Gasteiger partial charge in [0.15, 0.2) is 0 Å². The van der Waals surface area contributed by atoms with Crippen molar-refractivity contribution >= 4 is 23.0 Å². The second kappa shape index (κ2) is 5.00. The van der Waals surface area contributed by atoms with Crippen molar-refractivity contribution in [2.75, 3.05) is 17.2 Å². The molecule has 1 aliphatic heterocycles. The smallest absolute Gasteiger partial charge is 0.0603 e. The number of rotatable bonds is 1. The van der Waals surface area contributed by atoms with Crippen molar-refractivity contribution in [2.45, 2.75) is 44.6 Å². The van der Waals surface area contributed by atoms with Crippen LogP contribution >= 0.6 is 11.6 Å². The van der Waals surface area contributed by atoms with Crippen molar-refractivity contribution < 1.29 is 0 Å². The zero-order chi connectivity index (χ0) is 12.5. The molecule has 0 bridgehead atoms. The Labute approximate surface area is 114 Å². The lowest BCUT2D eigenvalue weighted by Gasteiger charge is -2.45. The monoisotopic (exact) mass is 264 g/mol. The summed E-state index contributed by atoms with van der Waals surface area (Å²) in [6.07, 6.45) is 8.19. The number of nitrogen functional groups attached to an aromatic ring is 1.